The summed E-state index contributed by atoms with van der Waals surface area (Å²) in [6, 6.07) is 0. The molecule has 19 heavy (non-hydrogen) atoms. The van der Waals surface area contributed by atoms with Gasteiger partial charge in [-0.3, -0.25) is 8.98 Å². The molecule has 0 bridgehead atoms. The lowest BCUT2D eigenvalue weighted by molar-refractivity contribution is -0.143. The molecule has 0 rings (SSSR count). The molecular formula is C11H23O6PS. The van der Waals surface area contributed by atoms with Gasteiger partial charge in [-0.2, -0.15) is 8.42 Å². The Bertz CT molecular complexity index is 392. The van der Waals surface area contributed by atoms with Gasteiger partial charge in [-0.15, -0.1) is 0 Å². The number of rotatable bonds is 10. The summed E-state index contributed by atoms with van der Waals surface area (Å²) in [6.45, 7) is 4.10. The standard InChI is InChI=1S/C11H23O6PS/c1-4-16-11(12)6-5-10(2)7-8-18(13)9-17-19(3,14)15/h10,18H,4-9H2,1-3H3. The molecule has 0 heterocycles. The van der Waals surface area contributed by atoms with Gasteiger partial charge in [-0.05, 0) is 25.7 Å². The van der Waals surface area contributed by atoms with Crippen molar-refractivity contribution in [1.29, 1.82) is 0 Å². The van der Waals surface area contributed by atoms with Gasteiger partial charge in [0.05, 0.1) is 12.9 Å². The van der Waals surface area contributed by atoms with Crippen LogP contribution in [0.1, 0.15) is 33.1 Å². The van der Waals surface area contributed by atoms with Gasteiger partial charge in [-0.1, -0.05) is 6.92 Å². The van der Waals surface area contributed by atoms with E-state index in [0.29, 0.717) is 32.0 Å². The first-order chi connectivity index (χ1) is 8.74. The van der Waals surface area contributed by atoms with Crippen LogP contribution in [0, 0.1) is 5.92 Å². The Labute approximate surface area is 115 Å². The molecule has 0 aliphatic heterocycles. The minimum absolute atomic E-state index is 0.220. The minimum Gasteiger partial charge on any atom is -0.466 e. The van der Waals surface area contributed by atoms with Crippen molar-refractivity contribution in [3.8, 4) is 0 Å². The summed E-state index contributed by atoms with van der Waals surface area (Å²) in [7, 11) is -5.55. The molecule has 0 aliphatic carbocycles. The number of carbonyl (C=O) groups excluding carboxylic acids is 1. The molecule has 2 unspecified atom stereocenters. The van der Waals surface area contributed by atoms with Gasteiger partial charge in [0, 0.05) is 12.6 Å². The Morgan fingerprint density at radius 1 is 1.32 bits per heavy atom. The molecule has 0 saturated heterocycles. The third-order valence-corrected chi connectivity index (χ3v) is 4.56. The van der Waals surface area contributed by atoms with Crippen LogP contribution in [0.3, 0.4) is 0 Å². The van der Waals surface area contributed by atoms with Gasteiger partial charge in [0.25, 0.3) is 10.1 Å². The van der Waals surface area contributed by atoms with Crippen LogP contribution in [0.15, 0.2) is 0 Å². The summed E-state index contributed by atoms with van der Waals surface area (Å²) in [5.74, 6) is 0.0269. The van der Waals surface area contributed by atoms with E-state index in [9.17, 15) is 17.8 Å². The molecule has 0 amide bonds. The fourth-order valence-electron chi connectivity index (χ4n) is 1.39. The van der Waals surface area contributed by atoms with Gasteiger partial charge < -0.3 is 9.30 Å². The molecule has 114 valence electrons. The summed E-state index contributed by atoms with van der Waals surface area (Å²) in [5.41, 5.74) is 0. The van der Waals surface area contributed by atoms with Gasteiger partial charge in [0.1, 0.15) is 14.1 Å². The molecule has 2 atom stereocenters. The quantitative estimate of drug-likeness (QED) is 0.347. The SMILES string of the molecule is CCOC(=O)CCC(C)CC[PH](=O)COS(C)(=O)=O. The first-order valence-corrected chi connectivity index (χ1v) is 9.90. The van der Waals surface area contributed by atoms with E-state index in [2.05, 4.69) is 4.18 Å². The molecule has 0 N–H and O–H groups in total. The fraction of sp³-hybridized carbons (Fsp3) is 0.909. The lowest BCUT2D eigenvalue weighted by Crippen LogP contribution is -2.07. The maximum Gasteiger partial charge on any atom is 0.305 e. The molecule has 0 aromatic heterocycles. The van der Waals surface area contributed by atoms with E-state index in [1.54, 1.807) is 6.92 Å². The zero-order chi connectivity index (χ0) is 14.9. The fourth-order valence-corrected chi connectivity index (χ4v) is 3.74. The lowest BCUT2D eigenvalue weighted by atomic mass is 10.0. The van der Waals surface area contributed by atoms with Gasteiger partial charge in [-0.25, -0.2) is 0 Å². The summed E-state index contributed by atoms with van der Waals surface area (Å²) in [4.78, 5) is 11.1. The molecule has 0 aliphatic rings. The Balaban J connectivity index is 3.75. The lowest BCUT2D eigenvalue weighted by Gasteiger charge is -2.10. The zero-order valence-electron chi connectivity index (χ0n) is 11.7. The predicted octanol–water partition coefficient (Wildman–Crippen LogP) is 1.85. The Morgan fingerprint density at radius 2 is 1.95 bits per heavy atom. The summed E-state index contributed by atoms with van der Waals surface area (Å²) >= 11 is 0. The highest BCUT2D eigenvalue weighted by molar-refractivity contribution is 7.86. The number of carbonyl (C=O) groups is 1. The number of hydrogen-bond donors (Lipinski definition) is 0. The van der Waals surface area contributed by atoms with Crippen LogP contribution in [-0.4, -0.2) is 39.8 Å². The van der Waals surface area contributed by atoms with E-state index < -0.39 is 17.9 Å². The third kappa shape index (κ3) is 12.4. The average molecular weight is 314 g/mol. The third-order valence-electron chi connectivity index (χ3n) is 2.50. The van der Waals surface area contributed by atoms with E-state index in [-0.39, 0.29) is 18.2 Å². The van der Waals surface area contributed by atoms with E-state index >= 15 is 0 Å². The van der Waals surface area contributed by atoms with Crippen LogP contribution in [0.25, 0.3) is 0 Å². The van der Waals surface area contributed by atoms with Crippen LogP contribution in [-0.2, 0) is 28.4 Å². The van der Waals surface area contributed by atoms with Crippen molar-refractivity contribution in [1.82, 2.24) is 0 Å². The second-order valence-electron chi connectivity index (χ2n) is 4.49. The van der Waals surface area contributed by atoms with Crippen molar-refractivity contribution in [2.45, 2.75) is 33.1 Å². The normalized spacial score (nSPS) is 14.9. The molecule has 0 fully saturated rings. The van der Waals surface area contributed by atoms with Crippen LogP contribution in [0.4, 0.5) is 0 Å². The monoisotopic (exact) mass is 314 g/mol. The van der Waals surface area contributed by atoms with Crippen molar-refractivity contribution in [3.63, 3.8) is 0 Å². The molecule has 0 spiro atoms. The number of esters is 1. The summed E-state index contributed by atoms with van der Waals surface area (Å²) in [6.07, 6.45) is 2.86. The van der Waals surface area contributed by atoms with Crippen molar-refractivity contribution in [2.24, 2.45) is 5.92 Å². The Kier molecular flexibility index (Phi) is 9.31. The van der Waals surface area contributed by atoms with E-state index in [1.165, 1.54) is 0 Å². The molecule has 0 aromatic carbocycles. The number of ether oxygens (including phenoxy) is 1. The van der Waals surface area contributed by atoms with Crippen molar-refractivity contribution >= 4 is 23.9 Å². The second-order valence-corrected chi connectivity index (χ2v) is 8.00. The first-order valence-electron chi connectivity index (χ1n) is 6.26. The maximum absolute atomic E-state index is 11.5. The predicted molar refractivity (Wildman–Crippen MR) is 74.3 cm³/mol. The van der Waals surface area contributed by atoms with Crippen molar-refractivity contribution in [2.75, 3.05) is 25.4 Å². The highest BCUT2D eigenvalue weighted by Crippen LogP contribution is 2.25. The second kappa shape index (κ2) is 9.50. The average Bonchev–Trinajstić information content (AvgIpc) is 2.30. The topological polar surface area (TPSA) is 86.7 Å². The molecule has 6 nitrogen and oxygen atoms in total. The molecule has 0 saturated carbocycles. The van der Waals surface area contributed by atoms with Crippen molar-refractivity contribution < 1.29 is 26.7 Å². The zero-order valence-corrected chi connectivity index (χ0v) is 13.5. The minimum atomic E-state index is -3.52. The van der Waals surface area contributed by atoms with Gasteiger partial charge >= 0.3 is 5.97 Å². The van der Waals surface area contributed by atoms with E-state index in [1.807, 2.05) is 6.92 Å². The largest absolute Gasteiger partial charge is 0.466 e. The van der Waals surface area contributed by atoms with E-state index in [4.69, 9.17) is 4.74 Å². The highest BCUT2D eigenvalue weighted by atomic mass is 32.2. The molecule has 0 radical (unpaired) electrons. The van der Waals surface area contributed by atoms with Crippen LogP contribution in [0.5, 0.6) is 0 Å². The van der Waals surface area contributed by atoms with Crippen molar-refractivity contribution in [3.05, 3.63) is 0 Å². The Hall–Kier alpha value is -0.390. The molecule has 0 aromatic rings. The summed E-state index contributed by atoms with van der Waals surface area (Å²) in [5, 5.41) is 0. The maximum atomic E-state index is 11.5. The van der Waals surface area contributed by atoms with Crippen LogP contribution >= 0.6 is 7.80 Å². The molecular weight excluding hydrogens is 291 g/mol. The first kappa shape index (κ1) is 18.6. The van der Waals surface area contributed by atoms with E-state index in [0.717, 1.165) is 6.26 Å². The van der Waals surface area contributed by atoms with Gasteiger partial charge in [0.15, 0.2) is 0 Å². The van der Waals surface area contributed by atoms with Crippen LogP contribution < -0.4 is 0 Å². The van der Waals surface area contributed by atoms with Gasteiger partial charge in [0.2, 0.25) is 0 Å². The molecule has 8 heteroatoms. The smallest absolute Gasteiger partial charge is 0.305 e. The number of hydrogen-bond acceptors (Lipinski definition) is 6. The summed E-state index contributed by atoms with van der Waals surface area (Å²) < 4.78 is 42.3. The van der Waals surface area contributed by atoms with Crippen LogP contribution in [0.2, 0.25) is 0 Å². The Morgan fingerprint density at radius 3 is 2.47 bits per heavy atom. The highest BCUT2D eigenvalue weighted by Gasteiger charge is 2.11.